The number of Topliss-reactive ketones (excluding diaryl/α,β-unsaturated/α-hetero) is 1. The lowest BCUT2D eigenvalue weighted by Crippen LogP contribution is -2.05. The molecule has 0 saturated heterocycles. The smallest absolute Gasteiger partial charge is 0.168 e. The summed E-state index contributed by atoms with van der Waals surface area (Å²) in [6.45, 7) is 3.96. The highest BCUT2D eigenvalue weighted by atomic mass is 35.5. The summed E-state index contributed by atoms with van der Waals surface area (Å²) in [6.07, 6.45) is 0.228. The van der Waals surface area contributed by atoms with Crippen molar-refractivity contribution in [1.82, 2.24) is 0 Å². The Balaban J connectivity index is 2.28. The molecule has 0 atom stereocenters. The van der Waals surface area contributed by atoms with Gasteiger partial charge in [0.15, 0.2) is 5.78 Å². The Morgan fingerprint density at radius 3 is 2.37 bits per heavy atom. The molecule has 2 aromatic carbocycles. The minimum absolute atomic E-state index is 0.172. The summed E-state index contributed by atoms with van der Waals surface area (Å²) in [5.74, 6) is -0.623. The molecule has 2 aromatic rings. The highest BCUT2D eigenvalue weighted by Crippen LogP contribution is 2.20. The molecule has 19 heavy (non-hydrogen) atoms. The van der Waals surface area contributed by atoms with Gasteiger partial charge in [-0.25, -0.2) is 4.39 Å². The number of ketones is 1. The Labute approximate surface area is 117 Å². The lowest BCUT2D eigenvalue weighted by Gasteiger charge is -2.06. The van der Waals surface area contributed by atoms with Crippen LogP contribution in [0.5, 0.6) is 0 Å². The van der Waals surface area contributed by atoms with E-state index >= 15 is 0 Å². The summed E-state index contributed by atoms with van der Waals surface area (Å²) in [5, 5.41) is 0.288. The van der Waals surface area contributed by atoms with Crippen LogP contribution in [0.25, 0.3) is 0 Å². The van der Waals surface area contributed by atoms with E-state index in [0.29, 0.717) is 0 Å². The fourth-order valence-electron chi connectivity index (χ4n) is 2.16. The predicted molar refractivity (Wildman–Crippen MR) is 75.4 cm³/mol. The van der Waals surface area contributed by atoms with Crippen LogP contribution in [0, 0.1) is 19.7 Å². The van der Waals surface area contributed by atoms with Crippen molar-refractivity contribution >= 4 is 17.4 Å². The first-order valence-electron chi connectivity index (χ1n) is 6.01. The second kappa shape index (κ2) is 5.54. The number of carbonyl (C=O) groups is 1. The van der Waals surface area contributed by atoms with E-state index in [4.69, 9.17) is 11.6 Å². The van der Waals surface area contributed by atoms with Gasteiger partial charge in [-0.1, -0.05) is 40.9 Å². The zero-order valence-corrected chi connectivity index (χ0v) is 11.6. The summed E-state index contributed by atoms with van der Waals surface area (Å²) < 4.78 is 13.2. The van der Waals surface area contributed by atoms with E-state index in [-0.39, 0.29) is 22.8 Å². The maximum Gasteiger partial charge on any atom is 0.168 e. The molecule has 3 heteroatoms. The van der Waals surface area contributed by atoms with Crippen LogP contribution >= 0.6 is 11.6 Å². The van der Waals surface area contributed by atoms with E-state index in [2.05, 4.69) is 0 Å². The topological polar surface area (TPSA) is 17.1 Å². The van der Waals surface area contributed by atoms with Crippen molar-refractivity contribution in [2.75, 3.05) is 0 Å². The van der Waals surface area contributed by atoms with Crippen molar-refractivity contribution in [2.24, 2.45) is 0 Å². The fraction of sp³-hybridized carbons (Fsp3) is 0.188. The van der Waals surface area contributed by atoms with Crippen LogP contribution in [0.15, 0.2) is 36.4 Å². The van der Waals surface area contributed by atoms with Gasteiger partial charge in [-0.3, -0.25) is 4.79 Å². The van der Waals surface area contributed by atoms with Gasteiger partial charge in [0.2, 0.25) is 0 Å². The predicted octanol–water partition coefficient (Wildman–Crippen LogP) is 4.52. The third kappa shape index (κ3) is 3.42. The van der Waals surface area contributed by atoms with Crippen LogP contribution in [0.2, 0.25) is 5.02 Å². The summed E-state index contributed by atoms with van der Waals surface area (Å²) in [7, 11) is 0. The van der Waals surface area contributed by atoms with E-state index in [1.54, 1.807) is 0 Å². The van der Waals surface area contributed by atoms with Crippen molar-refractivity contribution in [3.8, 4) is 0 Å². The molecule has 0 saturated carbocycles. The fourth-order valence-corrected chi connectivity index (χ4v) is 2.39. The molecule has 0 aliphatic carbocycles. The molecule has 0 radical (unpaired) electrons. The maximum atomic E-state index is 13.2. The van der Waals surface area contributed by atoms with Crippen molar-refractivity contribution in [2.45, 2.75) is 20.3 Å². The quantitative estimate of drug-likeness (QED) is 0.753. The molecule has 1 nitrogen and oxygen atoms in total. The SMILES string of the molecule is Cc1cc(C)cc(CC(=O)c2cc(F)ccc2Cl)c1. The highest BCUT2D eigenvalue weighted by Gasteiger charge is 2.12. The second-order valence-electron chi connectivity index (χ2n) is 4.72. The van der Waals surface area contributed by atoms with E-state index in [9.17, 15) is 9.18 Å². The molecule has 0 spiro atoms. The van der Waals surface area contributed by atoms with E-state index in [1.165, 1.54) is 18.2 Å². The van der Waals surface area contributed by atoms with E-state index < -0.39 is 5.82 Å². The Morgan fingerprint density at radius 1 is 1.11 bits per heavy atom. The number of rotatable bonds is 3. The third-order valence-corrected chi connectivity index (χ3v) is 3.20. The lowest BCUT2D eigenvalue weighted by molar-refractivity contribution is 0.0992. The van der Waals surface area contributed by atoms with Crippen LogP contribution < -0.4 is 0 Å². The van der Waals surface area contributed by atoms with E-state index in [0.717, 1.165) is 16.7 Å². The van der Waals surface area contributed by atoms with Gasteiger partial charge in [-0.2, -0.15) is 0 Å². The molecule has 0 amide bonds. The average molecular weight is 277 g/mol. The van der Waals surface area contributed by atoms with Gasteiger partial charge >= 0.3 is 0 Å². The molecule has 0 unspecified atom stereocenters. The zero-order valence-electron chi connectivity index (χ0n) is 10.8. The highest BCUT2D eigenvalue weighted by molar-refractivity contribution is 6.34. The number of hydrogen-bond acceptors (Lipinski definition) is 1. The Hall–Kier alpha value is -1.67. The van der Waals surface area contributed by atoms with Crippen LogP contribution in [0.3, 0.4) is 0 Å². The molecule has 0 bridgehead atoms. The van der Waals surface area contributed by atoms with Gasteiger partial charge in [-0.15, -0.1) is 0 Å². The van der Waals surface area contributed by atoms with Crippen LogP contribution in [0.4, 0.5) is 4.39 Å². The second-order valence-corrected chi connectivity index (χ2v) is 5.13. The molecule has 0 aromatic heterocycles. The Morgan fingerprint density at radius 2 is 1.74 bits per heavy atom. The van der Waals surface area contributed by atoms with Crippen molar-refractivity contribution in [3.63, 3.8) is 0 Å². The van der Waals surface area contributed by atoms with Crippen LogP contribution in [-0.2, 0) is 6.42 Å². The lowest BCUT2D eigenvalue weighted by atomic mass is 9.99. The molecule has 0 heterocycles. The van der Waals surface area contributed by atoms with E-state index in [1.807, 2.05) is 32.0 Å². The van der Waals surface area contributed by atoms with Crippen molar-refractivity contribution in [3.05, 3.63) is 69.5 Å². The molecular weight excluding hydrogens is 263 g/mol. The molecule has 2 rings (SSSR count). The molecule has 0 aliphatic rings. The van der Waals surface area contributed by atoms with Gasteiger partial charge < -0.3 is 0 Å². The Bertz CT molecular complexity index is 614. The van der Waals surface area contributed by atoms with Crippen LogP contribution in [-0.4, -0.2) is 5.78 Å². The van der Waals surface area contributed by atoms with Gasteiger partial charge in [0, 0.05) is 12.0 Å². The number of benzene rings is 2. The molecule has 0 fully saturated rings. The minimum atomic E-state index is -0.451. The summed E-state index contributed by atoms with van der Waals surface area (Å²) in [4.78, 5) is 12.2. The molecule has 98 valence electrons. The monoisotopic (exact) mass is 276 g/mol. The normalized spacial score (nSPS) is 10.5. The summed E-state index contributed by atoms with van der Waals surface area (Å²) in [5.41, 5.74) is 3.37. The van der Waals surface area contributed by atoms with Crippen molar-refractivity contribution in [1.29, 1.82) is 0 Å². The standard InChI is InChI=1S/C16H14ClFO/c1-10-5-11(2)7-12(6-10)8-16(19)14-9-13(18)3-4-15(14)17/h3-7,9H,8H2,1-2H3. The third-order valence-electron chi connectivity index (χ3n) is 2.87. The largest absolute Gasteiger partial charge is 0.294 e. The van der Waals surface area contributed by atoms with Crippen molar-refractivity contribution < 1.29 is 9.18 Å². The summed E-state index contributed by atoms with van der Waals surface area (Å²) >= 11 is 5.93. The molecular formula is C16H14ClFO. The number of carbonyl (C=O) groups excluding carboxylic acids is 1. The molecule has 0 aliphatic heterocycles. The number of halogens is 2. The van der Waals surface area contributed by atoms with Crippen LogP contribution in [0.1, 0.15) is 27.0 Å². The first-order chi connectivity index (χ1) is 8.95. The average Bonchev–Trinajstić information content (AvgIpc) is 2.30. The first-order valence-corrected chi connectivity index (χ1v) is 6.39. The van der Waals surface area contributed by atoms with Gasteiger partial charge in [0.1, 0.15) is 5.82 Å². The number of aryl methyl sites for hydroxylation is 2. The molecule has 0 N–H and O–H groups in total. The first kappa shape index (κ1) is 13.8. The van der Waals surface area contributed by atoms with Gasteiger partial charge in [0.25, 0.3) is 0 Å². The Kier molecular flexibility index (Phi) is 4.01. The summed E-state index contributed by atoms with van der Waals surface area (Å²) in [6, 6.07) is 9.80. The maximum absolute atomic E-state index is 13.2. The minimum Gasteiger partial charge on any atom is -0.294 e. The number of hydrogen-bond donors (Lipinski definition) is 0. The zero-order chi connectivity index (χ0) is 14.0. The van der Waals surface area contributed by atoms with Gasteiger partial charge in [0.05, 0.1) is 5.02 Å². The van der Waals surface area contributed by atoms with Gasteiger partial charge in [-0.05, 0) is 37.6 Å².